The van der Waals surface area contributed by atoms with Gasteiger partial charge in [-0.25, -0.2) is 0 Å². The molecule has 0 bridgehead atoms. The van der Waals surface area contributed by atoms with Crippen LogP contribution >= 0.6 is 0 Å². The molecule has 0 spiro atoms. The molecule has 0 aliphatic carbocycles. The van der Waals surface area contributed by atoms with Gasteiger partial charge in [-0.2, -0.15) is 0 Å². The van der Waals surface area contributed by atoms with Gasteiger partial charge in [-0.3, -0.25) is 9.69 Å². The van der Waals surface area contributed by atoms with Crippen molar-refractivity contribution in [2.24, 2.45) is 0 Å². The summed E-state index contributed by atoms with van der Waals surface area (Å²) in [5.41, 5.74) is 6.61. The number of rotatable bonds is 8. The van der Waals surface area contributed by atoms with E-state index in [1.165, 1.54) is 22.3 Å². The first-order valence-electron chi connectivity index (χ1n) is 15.1. The number of benzene rings is 4. The van der Waals surface area contributed by atoms with Gasteiger partial charge in [-0.1, -0.05) is 60.7 Å². The maximum Gasteiger partial charge on any atom is 0.254 e. The first kappa shape index (κ1) is 29.0. The Balaban J connectivity index is 1.21. The second kappa shape index (κ2) is 12.6. The summed E-state index contributed by atoms with van der Waals surface area (Å²) in [6, 6.07) is 33.0. The molecule has 1 amide bonds. The highest BCUT2D eigenvalue weighted by Crippen LogP contribution is 2.42. The molecular formula is C37H40N2O4. The van der Waals surface area contributed by atoms with E-state index in [1.807, 2.05) is 29.2 Å². The summed E-state index contributed by atoms with van der Waals surface area (Å²) < 4.78 is 10.9. The van der Waals surface area contributed by atoms with Crippen LogP contribution in [0.25, 0.3) is 0 Å². The van der Waals surface area contributed by atoms with Gasteiger partial charge in [0.1, 0.15) is 11.5 Å². The maximum absolute atomic E-state index is 13.6. The number of hydrogen-bond donors (Lipinski definition) is 1. The lowest BCUT2D eigenvalue weighted by Crippen LogP contribution is -2.46. The molecule has 0 radical (unpaired) electrons. The molecule has 2 aliphatic rings. The Labute approximate surface area is 254 Å². The molecule has 1 saturated heterocycles. The fourth-order valence-corrected chi connectivity index (χ4v) is 6.90. The van der Waals surface area contributed by atoms with Gasteiger partial charge in [0.05, 0.1) is 26.9 Å². The molecule has 2 aliphatic heterocycles. The van der Waals surface area contributed by atoms with Crippen LogP contribution in [-0.2, 0) is 24.9 Å². The Morgan fingerprint density at radius 1 is 0.837 bits per heavy atom. The van der Waals surface area contributed by atoms with Crippen molar-refractivity contribution in [2.45, 2.75) is 43.8 Å². The summed E-state index contributed by atoms with van der Waals surface area (Å²) in [4.78, 5) is 17.9. The van der Waals surface area contributed by atoms with E-state index in [4.69, 9.17) is 9.47 Å². The van der Waals surface area contributed by atoms with Crippen molar-refractivity contribution in [3.8, 4) is 11.5 Å². The van der Waals surface area contributed by atoms with Crippen LogP contribution in [0.5, 0.6) is 11.5 Å². The number of methoxy groups -OCH3 is 2. The lowest BCUT2D eigenvalue weighted by Gasteiger charge is -2.44. The number of aliphatic hydroxyl groups is 1. The van der Waals surface area contributed by atoms with Crippen LogP contribution < -0.4 is 9.47 Å². The summed E-state index contributed by atoms with van der Waals surface area (Å²) in [5, 5.41) is 10.1. The second-order valence-corrected chi connectivity index (χ2v) is 11.8. The van der Waals surface area contributed by atoms with Crippen LogP contribution in [0, 0.1) is 0 Å². The smallest absolute Gasteiger partial charge is 0.254 e. The summed E-state index contributed by atoms with van der Waals surface area (Å²) in [6.45, 7) is 3.18. The molecule has 1 unspecified atom stereocenters. The van der Waals surface area contributed by atoms with Gasteiger partial charge >= 0.3 is 0 Å². The standard InChI is InChI=1S/C37H40N2O4/c1-42-34-16-12-31(13-17-34)37(32-14-18-35(43-2)19-15-32)20-5-21-38(26-37)23-27-8-10-28(11-9-27)36(41)39-24-30-7-4-3-6-29(30)22-33(39)25-40/h3-4,6-19,33,40H,5,20-26H2,1-2H3. The first-order chi connectivity index (χ1) is 21.0. The molecule has 6 heteroatoms. The van der Waals surface area contributed by atoms with Crippen molar-refractivity contribution in [3.05, 3.63) is 130 Å². The molecule has 2 heterocycles. The van der Waals surface area contributed by atoms with Gasteiger partial charge in [0.25, 0.3) is 5.91 Å². The number of carbonyl (C=O) groups excluding carboxylic acids is 1. The number of ether oxygens (including phenoxy) is 2. The molecular weight excluding hydrogens is 536 g/mol. The topological polar surface area (TPSA) is 62.2 Å². The van der Waals surface area contributed by atoms with Crippen LogP contribution in [0.15, 0.2) is 97.1 Å². The van der Waals surface area contributed by atoms with Gasteiger partial charge in [-0.05, 0) is 90.0 Å². The number of carbonyl (C=O) groups is 1. The van der Waals surface area contributed by atoms with Crippen LogP contribution in [0.1, 0.15) is 51.0 Å². The van der Waals surface area contributed by atoms with E-state index in [0.29, 0.717) is 18.5 Å². The Bertz CT molecular complexity index is 1490. The maximum atomic E-state index is 13.6. The predicted octanol–water partition coefficient (Wildman–Crippen LogP) is 5.85. The lowest BCUT2D eigenvalue weighted by molar-refractivity contribution is 0.0544. The average molecular weight is 577 g/mol. The average Bonchev–Trinajstić information content (AvgIpc) is 3.07. The number of nitrogens with zero attached hydrogens (tertiary/aromatic N) is 2. The molecule has 0 saturated carbocycles. The highest BCUT2D eigenvalue weighted by molar-refractivity contribution is 5.94. The largest absolute Gasteiger partial charge is 0.497 e. The molecule has 1 fully saturated rings. The Morgan fingerprint density at radius 2 is 1.44 bits per heavy atom. The van der Waals surface area contributed by atoms with Crippen molar-refractivity contribution < 1.29 is 19.4 Å². The minimum atomic E-state index is -0.209. The molecule has 4 aromatic carbocycles. The summed E-state index contributed by atoms with van der Waals surface area (Å²) >= 11 is 0. The number of fused-ring (bicyclic) bond motifs is 1. The van der Waals surface area contributed by atoms with Crippen molar-refractivity contribution in [3.63, 3.8) is 0 Å². The molecule has 1 atom stereocenters. The molecule has 43 heavy (non-hydrogen) atoms. The van der Waals surface area contributed by atoms with Crippen molar-refractivity contribution in [2.75, 3.05) is 33.9 Å². The first-order valence-corrected chi connectivity index (χ1v) is 15.1. The van der Waals surface area contributed by atoms with Crippen LogP contribution in [-0.4, -0.2) is 60.8 Å². The molecule has 4 aromatic rings. The van der Waals surface area contributed by atoms with Crippen molar-refractivity contribution in [1.29, 1.82) is 0 Å². The van der Waals surface area contributed by atoms with Crippen LogP contribution in [0.2, 0.25) is 0 Å². The van der Waals surface area contributed by atoms with E-state index in [-0.39, 0.29) is 24.0 Å². The Kier molecular flexibility index (Phi) is 8.50. The van der Waals surface area contributed by atoms with E-state index < -0.39 is 0 Å². The zero-order valence-electron chi connectivity index (χ0n) is 25.0. The number of likely N-dealkylation sites (tertiary alicyclic amines) is 1. The third-order valence-electron chi connectivity index (χ3n) is 9.29. The van der Waals surface area contributed by atoms with Crippen molar-refractivity contribution in [1.82, 2.24) is 9.80 Å². The molecule has 0 aromatic heterocycles. The molecule has 6 nitrogen and oxygen atoms in total. The van der Waals surface area contributed by atoms with E-state index in [9.17, 15) is 9.90 Å². The van der Waals surface area contributed by atoms with E-state index >= 15 is 0 Å². The van der Waals surface area contributed by atoms with Crippen molar-refractivity contribution >= 4 is 5.91 Å². The quantitative estimate of drug-likeness (QED) is 0.285. The van der Waals surface area contributed by atoms with Crippen LogP contribution in [0.4, 0.5) is 0 Å². The predicted molar refractivity (Wildman–Crippen MR) is 169 cm³/mol. The fraction of sp³-hybridized carbons (Fsp3) is 0.324. The number of hydrogen-bond acceptors (Lipinski definition) is 5. The van der Waals surface area contributed by atoms with E-state index in [0.717, 1.165) is 49.5 Å². The Hall–Kier alpha value is -4.13. The highest BCUT2D eigenvalue weighted by atomic mass is 16.5. The molecule has 6 rings (SSSR count). The van der Waals surface area contributed by atoms with Crippen LogP contribution in [0.3, 0.4) is 0 Å². The SMILES string of the molecule is COc1ccc(C2(c3ccc(OC)cc3)CCCN(Cc3ccc(C(=O)N4Cc5ccccc5CC4CO)cc3)C2)cc1. The monoisotopic (exact) mass is 576 g/mol. The van der Waals surface area contributed by atoms with Gasteiger partial charge in [0, 0.05) is 30.6 Å². The van der Waals surface area contributed by atoms with Gasteiger partial charge < -0.3 is 19.5 Å². The fourth-order valence-electron chi connectivity index (χ4n) is 6.90. The van der Waals surface area contributed by atoms with E-state index in [1.54, 1.807) is 14.2 Å². The zero-order chi connectivity index (χ0) is 29.8. The third-order valence-corrected chi connectivity index (χ3v) is 9.29. The van der Waals surface area contributed by atoms with E-state index in [2.05, 4.69) is 77.7 Å². The normalized spacial score (nSPS) is 18.1. The number of amides is 1. The van der Waals surface area contributed by atoms with Gasteiger partial charge in [0.15, 0.2) is 0 Å². The number of piperidine rings is 1. The number of aliphatic hydroxyl groups excluding tert-OH is 1. The second-order valence-electron chi connectivity index (χ2n) is 11.8. The highest BCUT2D eigenvalue weighted by Gasteiger charge is 2.39. The van der Waals surface area contributed by atoms with Gasteiger partial charge in [-0.15, -0.1) is 0 Å². The third kappa shape index (κ3) is 5.90. The minimum absolute atomic E-state index is 0.0314. The summed E-state index contributed by atoms with van der Waals surface area (Å²) in [5.74, 6) is 1.68. The lowest BCUT2D eigenvalue weighted by atomic mass is 9.69. The minimum Gasteiger partial charge on any atom is -0.497 e. The molecule has 222 valence electrons. The molecule has 1 N–H and O–H groups in total. The summed E-state index contributed by atoms with van der Waals surface area (Å²) in [7, 11) is 3.40. The summed E-state index contributed by atoms with van der Waals surface area (Å²) in [6.07, 6.45) is 2.81. The van der Waals surface area contributed by atoms with Gasteiger partial charge in [0.2, 0.25) is 0 Å². The zero-order valence-corrected chi connectivity index (χ0v) is 25.0. The Morgan fingerprint density at radius 3 is 2.02 bits per heavy atom.